The molecule has 3 N–H and O–H groups in total. The Morgan fingerprint density at radius 2 is 2.00 bits per heavy atom. The van der Waals surface area contributed by atoms with Gasteiger partial charge in [-0.3, -0.25) is 9.59 Å². The van der Waals surface area contributed by atoms with E-state index < -0.39 is 5.67 Å². The molecule has 1 saturated heterocycles. The first-order chi connectivity index (χ1) is 13.8. The monoisotopic (exact) mass is 404 g/mol. The van der Waals surface area contributed by atoms with Crippen LogP contribution in [0.1, 0.15) is 55.9 Å². The number of alkyl halides is 1. The van der Waals surface area contributed by atoms with Crippen molar-refractivity contribution in [2.45, 2.75) is 57.2 Å². The zero-order valence-corrected chi connectivity index (χ0v) is 16.8. The number of nitrogens with zero attached hydrogens (tertiary/aromatic N) is 2. The van der Waals surface area contributed by atoms with Crippen LogP contribution >= 0.6 is 0 Å². The van der Waals surface area contributed by atoms with Gasteiger partial charge in [-0.05, 0) is 50.7 Å². The minimum Gasteiger partial charge on any atom is -0.476 e. The van der Waals surface area contributed by atoms with Crippen molar-refractivity contribution in [3.8, 4) is 5.88 Å². The number of rotatable bonds is 7. The fourth-order valence-electron chi connectivity index (χ4n) is 4.19. The van der Waals surface area contributed by atoms with E-state index in [0.717, 1.165) is 32.1 Å². The van der Waals surface area contributed by atoms with E-state index in [-0.39, 0.29) is 42.6 Å². The number of nitrogens with two attached hydrogens (primary N) is 1. The number of hydrogen-bond donors (Lipinski definition) is 2. The van der Waals surface area contributed by atoms with Crippen LogP contribution in [0.2, 0.25) is 0 Å². The van der Waals surface area contributed by atoms with E-state index in [0.29, 0.717) is 30.5 Å². The fourth-order valence-corrected chi connectivity index (χ4v) is 4.19. The molecule has 2 atom stereocenters. The highest BCUT2D eigenvalue weighted by atomic mass is 19.1. The first kappa shape index (κ1) is 19.9. The van der Waals surface area contributed by atoms with Crippen molar-refractivity contribution in [1.82, 2.24) is 10.3 Å². The van der Waals surface area contributed by atoms with Gasteiger partial charge in [-0.2, -0.15) is 0 Å². The topological polar surface area (TPSA) is 97.6 Å². The largest absolute Gasteiger partial charge is 0.476 e. The van der Waals surface area contributed by atoms with Crippen LogP contribution < -0.4 is 20.7 Å². The summed E-state index contributed by atoms with van der Waals surface area (Å²) in [7, 11) is 0. The van der Waals surface area contributed by atoms with Crippen LogP contribution in [-0.2, 0) is 4.79 Å². The molecule has 3 aliphatic rings. The van der Waals surface area contributed by atoms with Crippen LogP contribution in [0.15, 0.2) is 12.1 Å². The second-order valence-corrected chi connectivity index (χ2v) is 8.92. The van der Waals surface area contributed by atoms with Gasteiger partial charge in [0.15, 0.2) is 0 Å². The van der Waals surface area contributed by atoms with Crippen LogP contribution in [0.4, 0.5) is 10.1 Å². The molecule has 0 radical (unpaired) electrons. The molecule has 0 bridgehead atoms. The molecule has 29 heavy (non-hydrogen) atoms. The van der Waals surface area contributed by atoms with E-state index >= 15 is 0 Å². The second-order valence-electron chi connectivity index (χ2n) is 8.92. The quantitative estimate of drug-likeness (QED) is 0.726. The molecule has 0 spiro atoms. The van der Waals surface area contributed by atoms with Gasteiger partial charge in [0.05, 0.1) is 25.6 Å². The average molecular weight is 404 g/mol. The van der Waals surface area contributed by atoms with Crippen molar-refractivity contribution in [3.05, 3.63) is 17.8 Å². The standard InChI is InChI=1S/C21H29FN4O3/c1-21(22)11-26(12-21)17-9-8-16(25-20(17)29-10-13-6-7-13)19(28)24-15-5-3-2-4-14(15)18(23)27/h8-9,13-15H,2-7,10-12H2,1H3,(H2,23,27)(H,24,28)/t14-,15+/m1/s1. The molecule has 0 unspecified atom stereocenters. The SMILES string of the molecule is CC1(F)CN(c2ccc(C(=O)N[C@H]3CCCC[C@H]3C(N)=O)nc2OCC2CC2)C1. The van der Waals surface area contributed by atoms with Crippen LogP contribution in [0.3, 0.4) is 0 Å². The molecule has 8 heteroatoms. The van der Waals surface area contributed by atoms with Crippen LogP contribution in [0.25, 0.3) is 0 Å². The Hall–Kier alpha value is -2.38. The number of hydrogen-bond acceptors (Lipinski definition) is 5. The zero-order chi connectivity index (χ0) is 20.6. The Morgan fingerprint density at radius 1 is 1.28 bits per heavy atom. The maximum Gasteiger partial charge on any atom is 0.270 e. The number of carbonyl (C=O) groups is 2. The molecule has 2 amide bonds. The number of ether oxygens (including phenoxy) is 1. The maximum atomic E-state index is 14.0. The molecule has 2 saturated carbocycles. The predicted octanol–water partition coefficient (Wildman–Crippen LogP) is 2.19. The highest BCUT2D eigenvalue weighted by Crippen LogP contribution is 2.37. The third-order valence-corrected chi connectivity index (χ3v) is 6.06. The molecule has 1 aliphatic heterocycles. The van der Waals surface area contributed by atoms with Gasteiger partial charge in [0.25, 0.3) is 5.91 Å². The molecule has 1 aromatic rings. The number of anilines is 1. The first-order valence-electron chi connectivity index (χ1n) is 10.5. The zero-order valence-electron chi connectivity index (χ0n) is 16.8. The smallest absolute Gasteiger partial charge is 0.270 e. The fraction of sp³-hybridized carbons (Fsp3) is 0.667. The summed E-state index contributed by atoms with van der Waals surface area (Å²) in [5.74, 6) is -0.164. The Morgan fingerprint density at radius 3 is 2.66 bits per heavy atom. The van der Waals surface area contributed by atoms with Gasteiger partial charge in [0.2, 0.25) is 11.8 Å². The average Bonchev–Trinajstić information content (AvgIpc) is 3.49. The molecular weight excluding hydrogens is 375 g/mol. The summed E-state index contributed by atoms with van der Waals surface area (Å²) in [5.41, 5.74) is 5.24. The Kier molecular flexibility index (Phi) is 5.36. The lowest BCUT2D eigenvalue weighted by Gasteiger charge is -2.44. The minimum atomic E-state index is -1.21. The highest BCUT2D eigenvalue weighted by Gasteiger charge is 2.40. The van der Waals surface area contributed by atoms with Gasteiger partial charge in [-0.15, -0.1) is 0 Å². The van der Waals surface area contributed by atoms with Crippen molar-refractivity contribution < 1.29 is 18.7 Å². The summed E-state index contributed by atoms with van der Waals surface area (Å²) < 4.78 is 19.9. The van der Waals surface area contributed by atoms with Crippen molar-refractivity contribution in [2.24, 2.45) is 17.6 Å². The molecular formula is C21H29FN4O3. The van der Waals surface area contributed by atoms with Crippen molar-refractivity contribution in [2.75, 3.05) is 24.6 Å². The van der Waals surface area contributed by atoms with Gasteiger partial charge in [0, 0.05) is 6.04 Å². The Bertz CT molecular complexity index is 788. The lowest BCUT2D eigenvalue weighted by atomic mass is 9.84. The molecule has 2 aliphatic carbocycles. The second kappa shape index (κ2) is 7.80. The molecule has 0 aromatic carbocycles. The van der Waals surface area contributed by atoms with Gasteiger partial charge in [-0.25, -0.2) is 9.37 Å². The number of carbonyl (C=O) groups excluding carboxylic acids is 2. The number of nitrogens with one attached hydrogen (secondary N) is 1. The number of pyridine rings is 1. The van der Waals surface area contributed by atoms with Crippen LogP contribution in [-0.4, -0.2) is 48.2 Å². The number of primary amides is 1. The van der Waals surface area contributed by atoms with E-state index in [4.69, 9.17) is 10.5 Å². The van der Waals surface area contributed by atoms with Gasteiger partial charge in [-0.1, -0.05) is 12.8 Å². The number of aromatic nitrogens is 1. The Balaban J connectivity index is 1.49. The van der Waals surface area contributed by atoms with E-state index in [1.807, 2.05) is 4.90 Å². The summed E-state index contributed by atoms with van der Waals surface area (Å²) in [5, 5.41) is 2.93. The molecule has 1 aromatic heterocycles. The predicted molar refractivity (Wildman–Crippen MR) is 107 cm³/mol. The van der Waals surface area contributed by atoms with E-state index in [1.54, 1.807) is 19.1 Å². The maximum absolute atomic E-state index is 14.0. The van der Waals surface area contributed by atoms with Crippen LogP contribution in [0, 0.1) is 11.8 Å². The molecule has 4 rings (SSSR count). The van der Waals surface area contributed by atoms with E-state index in [9.17, 15) is 14.0 Å². The minimum absolute atomic E-state index is 0.233. The Labute approximate surface area is 170 Å². The third-order valence-electron chi connectivity index (χ3n) is 6.06. The normalized spacial score (nSPS) is 25.8. The highest BCUT2D eigenvalue weighted by molar-refractivity contribution is 5.93. The summed E-state index contributed by atoms with van der Waals surface area (Å²) in [6.45, 7) is 2.69. The van der Waals surface area contributed by atoms with Crippen molar-refractivity contribution in [1.29, 1.82) is 0 Å². The van der Waals surface area contributed by atoms with E-state index in [1.165, 1.54) is 0 Å². The summed E-state index contributed by atoms with van der Waals surface area (Å²) in [6.07, 6.45) is 5.59. The van der Waals surface area contributed by atoms with Gasteiger partial charge < -0.3 is 20.7 Å². The van der Waals surface area contributed by atoms with Crippen LogP contribution in [0.5, 0.6) is 5.88 Å². The molecule has 7 nitrogen and oxygen atoms in total. The van der Waals surface area contributed by atoms with Crippen molar-refractivity contribution >= 4 is 17.5 Å². The van der Waals surface area contributed by atoms with Crippen molar-refractivity contribution in [3.63, 3.8) is 0 Å². The lowest BCUT2D eigenvalue weighted by Crippen LogP contribution is -2.57. The third kappa shape index (κ3) is 4.62. The molecule has 158 valence electrons. The van der Waals surface area contributed by atoms with Gasteiger partial charge >= 0.3 is 0 Å². The lowest BCUT2D eigenvalue weighted by molar-refractivity contribution is -0.123. The molecule has 3 fully saturated rings. The summed E-state index contributed by atoms with van der Waals surface area (Å²) >= 11 is 0. The van der Waals surface area contributed by atoms with E-state index in [2.05, 4.69) is 10.3 Å². The summed E-state index contributed by atoms with van der Waals surface area (Å²) in [4.78, 5) is 30.8. The molecule has 2 heterocycles. The first-order valence-corrected chi connectivity index (χ1v) is 10.5. The summed E-state index contributed by atoms with van der Waals surface area (Å²) in [6, 6.07) is 3.13. The number of halogens is 1. The van der Waals surface area contributed by atoms with Gasteiger partial charge in [0.1, 0.15) is 17.1 Å². The number of amides is 2.